The van der Waals surface area contributed by atoms with Gasteiger partial charge in [0.25, 0.3) is 0 Å². The molecule has 2 N–H and O–H groups in total. The van der Waals surface area contributed by atoms with Crippen LogP contribution >= 0.6 is 11.9 Å². The molecule has 2 rings (SSSR count). The first-order chi connectivity index (χ1) is 9.99. The molecule has 0 unspecified atom stereocenters. The molecule has 1 aromatic carbocycles. The molecule has 21 heavy (non-hydrogen) atoms. The van der Waals surface area contributed by atoms with Gasteiger partial charge in [0.1, 0.15) is 0 Å². The van der Waals surface area contributed by atoms with Crippen molar-refractivity contribution in [3.8, 4) is 0 Å². The Morgan fingerprint density at radius 2 is 1.52 bits per heavy atom. The summed E-state index contributed by atoms with van der Waals surface area (Å²) in [4.78, 5) is 1.15. The fourth-order valence-electron chi connectivity index (χ4n) is 1.63. The molecule has 118 valence electrons. The summed E-state index contributed by atoms with van der Waals surface area (Å²) in [5.74, 6) is 0. The molecule has 1 heterocycles. The summed E-state index contributed by atoms with van der Waals surface area (Å²) in [6.45, 7) is 13.8. The third-order valence-corrected chi connectivity index (χ3v) is 3.58. The second-order valence-corrected chi connectivity index (χ2v) is 6.05. The Morgan fingerprint density at radius 3 is 1.90 bits per heavy atom. The van der Waals surface area contributed by atoms with Crippen molar-refractivity contribution in [1.29, 1.82) is 0 Å². The van der Waals surface area contributed by atoms with Crippen molar-refractivity contribution >= 4 is 24.5 Å². The van der Waals surface area contributed by atoms with Crippen molar-refractivity contribution in [3.05, 3.63) is 36.4 Å². The van der Waals surface area contributed by atoms with Gasteiger partial charge in [-0.05, 0) is 56.2 Å². The van der Waals surface area contributed by atoms with Gasteiger partial charge in [0.15, 0.2) is 0 Å². The Morgan fingerprint density at radius 1 is 1.10 bits per heavy atom. The first kappa shape index (κ1) is 20.3. The lowest BCUT2D eigenvalue weighted by atomic mass is 9.81. The maximum absolute atomic E-state index is 8.94. The van der Waals surface area contributed by atoms with E-state index >= 15 is 0 Å². The monoisotopic (exact) mass is 309 g/mol. The van der Waals surface area contributed by atoms with Gasteiger partial charge < -0.3 is 10.0 Å². The van der Waals surface area contributed by atoms with Crippen LogP contribution in [0.5, 0.6) is 0 Å². The molecule has 0 amide bonds. The van der Waals surface area contributed by atoms with Crippen LogP contribution in [0.3, 0.4) is 0 Å². The average molecular weight is 309 g/mol. The molecule has 0 atom stereocenters. The van der Waals surface area contributed by atoms with Crippen LogP contribution in [0.25, 0.3) is 0 Å². The van der Waals surface area contributed by atoms with E-state index in [1.54, 1.807) is 24.1 Å². The number of hydrogen-bond donors (Lipinski definition) is 2. The van der Waals surface area contributed by atoms with Crippen LogP contribution in [0, 0.1) is 0 Å². The maximum Gasteiger partial charge on any atom is 0.488 e. The quantitative estimate of drug-likeness (QED) is 0.512. The molecule has 5 heteroatoms. The molecule has 0 radical (unpaired) electrons. The smallest absolute Gasteiger partial charge is 0.423 e. The Hall–Kier alpha value is -0.745. The second kappa shape index (κ2) is 11.9. The molecule has 0 bridgehead atoms. The van der Waals surface area contributed by atoms with Crippen molar-refractivity contribution in [2.75, 3.05) is 13.1 Å². The predicted octanol–water partition coefficient (Wildman–Crippen LogP) is 3.08. The molecular weight excluding hydrogens is 281 g/mol. The van der Waals surface area contributed by atoms with E-state index in [0.29, 0.717) is 5.46 Å². The molecule has 3 nitrogen and oxygen atoms in total. The highest BCUT2D eigenvalue weighted by atomic mass is 32.2. The largest absolute Gasteiger partial charge is 0.488 e. The van der Waals surface area contributed by atoms with Gasteiger partial charge in [-0.2, -0.15) is 0 Å². The zero-order chi connectivity index (χ0) is 16.3. The average Bonchev–Trinajstić information content (AvgIpc) is 2.94. The molecule has 1 aliphatic heterocycles. The minimum atomic E-state index is -1.36. The van der Waals surface area contributed by atoms with Crippen LogP contribution in [0.1, 0.15) is 40.5 Å². The summed E-state index contributed by atoms with van der Waals surface area (Å²) in [5.41, 5.74) is 1.71. The van der Waals surface area contributed by atoms with E-state index in [1.165, 1.54) is 18.4 Å². The standard InChI is InChI=1S/C10H14BNO2S.C4H8.C2H6/c13-11(14)9-3-5-10(6-4-9)15-12-7-1-2-8-12;1-4(2)3;1-2/h3-6,13-14H,1-2,7-8H2;1H2,2-3H3;1-2H3. The van der Waals surface area contributed by atoms with Gasteiger partial charge in [-0.3, -0.25) is 0 Å². The van der Waals surface area contributed by atoms with Crippen LogP contribution in [0.15, 0.2) is 41.3 Å². The van der Waals surface area contributed by atoms with Crippen LogP contribution in [-0.2, 0) is 0 Å². The van der Waals surface area contributed by atoms with Crippen LogP contribution in [0.2, 0.25) is 0 Å². The Labute approximate surface area is 134 Å². The lowest BCUT2D eigenvalue weighted by molar-refractivity contribution is 0.425. The van der Waals surface area contributed by atoms with Crippen molar-refractivity contribution in [3.63, 3.8) is 0 Å². The van der Waals surface area contributed by atoms with Crippen molar-refractivity contribution in [1.82, 2.24) is 4.31 Å². The third kappa shape index (κ3) is 9.74. The number of nitrogens with zero attached hydrogens (tertiary/aromatic N) is 1. The molecule has 0 spiro atoms. The summed E-state index contributed by atoms with van der Waals surface area (Å²) in [7, 11) is -1.36. The third-order valence-electron chi connectivity index (χ3n) is 2.48. The number of hydrogen-bond acceptors (Lipinski definition) is 4. The van der Waals surface area contributed by atoms with E-state index < -0.39 is 7.12 Å². The molecule has 0 saturated carbocycles. The molecule has 0 aliphatic carbocycles. The first-order valence-corrected chi connectivity index (χ1v) is 8.27. The Balaban J connectivity index is 0.000000579. The minimum absolute atomic E-state index is 0.542. The van der Waals surface area contributed by atoms with E-state index in [1.807, 2.05) is 39.8 Å². The molecular formula is C16H28BNO2S. The van der Waals surface area contributed by atoms with E-state index in [9.17, 15) is 0 Å². The van der Waals surface area contributed by atoms with E-state index in [-0.39, 0.29) is 0 Å². The topological polar surface area (TPSA) is 43.7 Å². The van der Waals surface area contributed by atoms with E-state index in [0.717, 1.165) is 18.0 Å². The summed E-state index contributed by atoms with van der Waals surface area (Å²) in [6.07, 6.45) is 2.56. The maximum atomic E-state index is 8.94. The molecule has 1 aromatic rings. The van der Waals surface area contributed by atoms with Gasteiger partial charge in [0.05, 0.1) is 0 Å². The molecule has 0 aromatic heterocycles. The van der Waals surface area contributed by atoms with Crippen LogP contribution < -0.4 is 5.46 Å². The highest BCUT2D eigenvalue weighted by Gasteiger charge is 2.14. The van der Waals surface area contributed by atoms with Gasteiger partial charge in [0, 0.05) is 18.0 Å². The van der Waals surface area contributed by atoms with Crippen molar-refractivity contribution < 1.29 is 10.0 Å². The fourth-order valence-corrected chi connectivity index (χ4v) is 2.63. The lowest BCUT2D eigenvalue weighted by Gasteiger charge is -2.13. The van der Waals surface area contributed by atoms with E-state index in [4.69, 9.17) is 10.0 Å². The summed E-state index contributed by atoms with van der Waals surface area (Å²) in [6, 6.07) is 7.36. The molecule has 1 saturated heterocycles. The van der Waals surface area contributed by atoms with E-state index in [2.05, 4.69) is 10.9 Å². The number of allylic oxidation sites excluding steroid dienone is 1. The highest BCUT2D eigenvalue weighted by Crippen LogP contribution is 2.25. The minimum Gasteiger partial charge on any atom is -0.423 e. The van der Waals surface area contributed by atoms with Crippen molar-refractivity contribution in [2.24, 2.45) is 0 Å². The van der Waals surface area contributed by atoms with Crippen molar-refractivity contribution in [2.45, 2.75) is 45.4 Å². The normalized spacial score (nSPS) is 13.6. The number of benzene rings is 1. The molecule has 1 aliphatic rings. The van der Waals surface area contributed by atoms with Gasteiger partial charge in [-0.15, -0.1) is 6.58 Å². The highest BCUT2D eigenvalue weighted by molar-refractivity contribution is 7.97. The Bertz CT molecular complexity index is 386. The molecule has 1 fully saturated rings. The lowest BCUT2D eigenvalue weighted by Crippen LogP contribution is -2.29. The van der Waals surface area contributed by atoms with Crippen LogP contribution in [-0.4, -0.2) is 34.6 Å². The SMILES string of the molecule is C=C(C)C.CC.OB(O)c1ccc(SN2CCCC2)cc1. The first-order valence-electron chi connectivity index (χ1n) is 7.50. The summed E-state index contributed by atoms with van der Waals surface area (Å²) in [5, 5.41) is 17.9. The Kier molecular flexibility index (Phi) is 11.4. The summed E-state index contributed by atoms with van der Waals surface area (Å²) < 4.78 is 2.34. The predicted molar refractivity (Wildman–Crippen MR) is 94.8 cm³/mol. The fraction of sp³-hybridized carbons (Fsp3) is 0.500. The van der Waals surface area contributed by atoms with Gasteiger partial charge in [-0.1, -0.05) is 31.6 Å². The van der Waals surface area contributed by atoms with Crippen LogP contribution in [0.4, 0.5) is 0 Å². The van der Waals surface area contributed by atoms with Gasteiger partial charge >= 0.3 is 7.12 Å². The zero-order valence-corrected chi connectivity index (χ0v) is 14.5. The number of rotatable bonds is 3. The van der Waals surface area contributed by atoms with Gasteiger partial charge in [0.2, 0.25) is 0 Å². The summed E-state index contributed by atoms with van der Waals surface area (Å²) >= 11 is 1.74. The second-order valence-electron chi connectivity index (χ2n) is 4.88. The zero-order valence-electron chi connectivity index (χ0n) is 13.7. The van der Waals surface area contributed by atoms with Gasteiger partial charge in [-0.25, -0.2) is 4.31 Å².